The molecular weight excluding hydrogens is 295 g/mol. The second-order valence-corrected chi connectivity index (χ2v) is 4.16. The Bertz CT molecular complexity index is 640. The van der Waals surface area contributed by atoms with Crippen molar-refractivity contribution in [2.45, 2.75) is 12.5 Å². The van der Waals surface area contributed by atoms with Gasteiger partial charge in [0.25, 0.3) is 0 Å². The van der Waals surface area contributed by atoms with Crippen LogP contribution in [0.3, 0.4) is 0 Å². The number of halogens is 5. The molecule has 2 nitrogen and oxygen atoms in total. The first-order chi connectivity index (χ1) is 9.78. The number of aliphatic hydroxyl groups is 1. The Kier molecular flexibility index (Phi) is 4.13. The summed E-state index contributed by atoms with van der Waals surface area (Å²) in [5, 5.41) is 10.0. The van der Waals surface area contributed by atoms with Crippen molar-refractivity contribution in [2.75, 3.05) is 0 Å². The van der Waals surface area contributed by atoms with Crippen LogP contribution in [-0.2, 0) is 0 Å². The average Bonchev–Trinajstić information content (AvgIpc) is 2.40. The molecule has 1 atom stereocenters. The Morgan fingerprint density at radius 3 is 2.24 bits per heavy atom. The van der Waals surface area contributed by atoms with Gasteiger partial charge in [-0.3, -0.25) is 0 Å². The number of para-hydroxylation sites is 1. The third-order valence-electron chi connectivity index (χ3n) is 2.70. The smallest absolute Gasteiger partial charge is 0.405 e. The lowest BCUT2D eigenvalue weighted by Gasteiger charge is -2.17. The van der Waals surface area contributed by atoms with Crippen LogP contribution in [0.1, 0.15) is 17.2 Å². The van der Waals surface area contributed by atoms with E-state index >= 15 is 0 Å². The van der Waals surface area contributed by atoms with Crippen LogP contribution in [0.15, 0.2) is 42.5 Å². The van der Waals surface area contributed by atoms with E-state index in [0.29, 0.717) is 6.07 Å². The molecule has 0 radical (unpaired) electrons. The molecule has 1 N–H and O–H groups in total. The van der Waals surface area contributed by atoms with Gasteiger partial charge in [-0.2, -0.15) is 0 Å². The van der Waals surface area contributed by atoms with Crippen LogP contribution in [0.2, 0.25) is 0 Å². The normalized spacial score (nSPS) is 13.0. The third-order valence-corrected chi connectivity index (χ3v) is 2.70. The van der Waals surface area contributed by atoms with Gasteiger partial charge in [0, 0.05) is 5.56 Å². The molecule has 0 fully saturated rings. The molecule has 1 unspecified atom stereocenters. The van der Waals surface area contributed by atoms with Crippen molar-refractivity contribution < 1.29 is 31.8 Å². The highest BCUT2D eigenvalue weighted by Crippen LogP contribution is 2.33. The fourth-order valence-electron chi connectivity index (χ4n) is 1.79. The van der Waals surface area contributed by atoms with Crippen molar-refractivity contribution >= 4 is 0 Å². The first-order valence-electron chi connectivity index (χ1n) is 5.75. The molecule has 0 saturated heterocycles. The molecule has 0 amide bonds. The quantitative estimate of drug-likeness (QED) is 0.870. The van der Waals surface area contributed by atoms with Crippen LogP contribution < -0.4 is 4.74 Å². The molecule has 0 heterocycles. The summed E-state index contributed by atoms with van der Waals surface area (Å²) in [5.74, 6) is -2.94. The highest BCUT2D eigenvalue weighted by Gasteiger charge is 2.33. The minimum atomic E-state index is -4.93. The van der Waals surface area contributed by atoms with Gasteiger partial charge in [0.1, 0.15) is 11.9 Å². The minimum Gasteiger partial charge on any atom is -0.405 e. The van der Waals surface area contributed by atoms with E-state index in [1.54, 1.807) is 0 Å². The molecule has 0 aromatic heterocycles. The summed E-state index contributed by atoms with van der Waals surface area (Å²) in [7, 11) is 0. The standard InChI is InChI=1S/C14H9F5O2/c15-10-6-5-8(7-11(10)16)13(20)9-3-1-2-4-12(9)21-14(17,18)19/h1-7,13,20H. The second kappa shape index (κ2) is 5.69. The number of ether oxygens (including phenoxy) is 1. The Hall–Kier alpha value is -2.15. The fraction of sp³-hybridized carbons (Fsp3) is 0.143. The van der Waals surface area contributed by atoms with Crippen LogP contribution in [0, 0.1) is 11.6 Å². The van der Waals surface area contributed by atoms with E-state index < -0.39 is 29.9 Å². The van der Waals surface area contributed by atoms with Gasteiger partial charge in [0.15, 0.2) is 11.6 Å². The molecule has 0 aliphatic heterocycles. The van der Waals surface area contributed by atoms with Crippen LogP contribution in [-0.4, -0.2) is 11.5 Å². The maximum Gasteiger partial charge on any atom is 0.573 e. The van der Waals surface area contributed by atoms with Crippen LogP contribution in [0.5, 0.6) is 5.75 Å². The number of alkyl halides is 3. The van der Waals surface area contributed by atoms with Gasteiger partial charge < -0.3 is 9.84 Å². The van der Waals surface area contributed by atoms with Crippen molar-refractivity contribution in [1.82, 2.24) is 0 Å². The van der Waals surface area contributed by atoms with Crippen molar-refractivity contribution in [1.29, 1.82) is 0 Å². The van der Waals surface area contributed by atoms with E-state index in [0.717, 1.165) is 18.2 Å². The third kappa shape index (κ3) is 3.69. The molecular formula is C14H9F5O2. The van der Waals surface area contributed by atoms with Crippen molar-refractivity contribution in [3.8, 4) is 5.75 Å². The van der Waals surface area contributed by atoms with Gasteiger partial charge in [-0.25, -0.2) is 8.78 Å². The number of hydrogen-bond donors (Lipinski definition) is 1. The van der Waals surface area contributed by atoms with Crippen molar-refractivity contribution in [3.63, 3.8) is 0 Å². The molecule has 2 aromatic carbocycles. The zero-order valence-electron chi connectivity index (χ0n) is 10.4. The van der Waals surface area contributed by atoms with Crippen LogP contribution in [0.4, 0.5) is 22.0 Å². The van der Waals surface area contributed by atoms with Gasteiger partial charge in [0.05, 0.1) is 0 Å². The van der Waals surface area contributed by atoms with Gasteiger partial charge >= 0.3 is 6.36 Å². The van der Waals surface area contributed by atoms with Crippen molar-refractivity contribution in [3.05, 3.63) is 65.2 Å². The lowest BCUT2D eigenvalue weighted by molar-refractivity contribution is -0.275. The van der Waals surface area contributed by atoms with E-state index in [-0.39, 0.29) is 11.1 Å². The predicted molar refractivity (Wildman–Crippen MR) is 63.5 cm³/mol. The molecule has 2 aromatic rings. The maximum absolute atomic E-state index is 13.1. The number of hydrogen-bond acceptors (Lipinski definition) is 2. The largest absolute Gasteiger partial charge is 0.573 e. The summed E-state index contributed by atoms with van der Waals surface area (Å²) < 4.78 is 66.6. The molecule has 0 saturated carbocycles. The Morgan fingerprint density at radius 2 is 1.62 bits per heavy atom. The summed E-state index contributed by atoms with van der Waals surface area (Å²) in [6.07, 6.45) is -6.51. The first-order valence-corrected chi connectivity index (χ1v) is 5.75. The fourth-order valence-corrected chi connectivity index (χ4v) is 1.79. The van der Waals surface area contributed by atoms with Gasteiger partial charge in [-0.15, -0.1) is 13.2 Å². The van der Waals surface area contributed by atoms with Crippen molar-refractivity contribution in [2.24, 2.45) is 0 Å². The lowest BCUT2D eigenvalue weighted by atomic mass is 10.0. The molecule has 0 bridgehead atoms. The summed E-state index contributed by atoms with van der Waals surface area (Å²) in [6, 6.07) is 7.47. The number of rotatable bonds is 3. The monoisotopic (exact) mass is 304 g/mol. The molecule has 0 aliphatic carbocycles. The topological polar surface area (TPSA) is 29.5 Å². The van der Waals surface area contributed by atoms with E-state index in [1.807, 2.05) is 0 Å². The SMILES string of the molecule is OC(c1ccc(F)c(F)c1)c1ccccc1OC(F)(F)F. The zero-order chi connectivity index (χ0) is 15.6. The molecule has 112 valence electrons. The summed E-state index contributed by atoms with van der Waals surface area (Å²) in [5.41, 5.74) is -0.298. The second-order valence-electron chi connectivity index (χ2n) is 4.16. The Balaban J connectivity index is 2.38. The maximum atomic E-state index is 13.1. The molecule has 21 heavy (non-hydrogen) atoms. The average molecular weight is 304 g/mol. The highest BCUT2D eigenvalue weighted by atomic mass is 19.4. The Morgan fingerprint density at radius 1 is 0.952 bits per heavy atom. The number of aliphatic hydroxyl groups excluding tert-OH is 1. The Labute approximate surface area is 116 Å². The minimum absolute atomic E-state index is 0.0906. The molecule has 7 heteroatoms. The first kappa shape index (κ1) is 15.2. The summed E-state index contributed by atoms with van der Waals surface area (Å²) in [6.45, 7) is 0. The van der Waals surface area contributed by atoms with Gasteiger partial charge in [-0.05, 0) is 23.8 Å². The zero-order valence-corrected chi connectivity index (χ0v) is 10.4. The van der Waals surface area contributed by atoms with E-state index in [1.165, 1.54) is 18.2 Å². The van der Waals surface area contributed by atoms with Gasteiger partial charge in [-0.1, -0.05) is 24.3 Å². The summed E-state index contributed by atoms with van der Waals surface area (Å²) >= 11 is 0. The highest BCUT2D eigenvalue weighted by molar-refractivity contribution is 5.40. The van der Waals surface area contributed by atoms with Gasteiger partial charge in [0.2, 0.25) is 0 Å². The number of benzene rings is 2. The van der Waals surface area contributed by atoms with Crippen LogP contribution >= 0.6 is 0 Å². The lowest BCUT2D eigenvalue weighted by Crippen LogP contribution is -2.18. The van der Waals surface area contributed by atoms with E-state index in [9.17, 15) is 27.1 Å². The van der Waals surface area contributed by atoms with E-state index in [4.69, 9.17) is 0 Å². The summed E-state index contributed by atoms with van der Waals surface area (Å²) in [4.78, 5) is 0. The van der Waals surface area contributed by atoms with E-state index in [2.05, 4.69) is 4.74 Å². The molecule has 0 spiro atoms. The molecule has 2 rings (SSSR count). The molecule has 0 aliphatic rings. The predicted octanol–water partition coefficient (Wildman–Crippen LogP) is 3.95. The van der Waals surface area contributed by atoms with Crippen LogP contribution in [0.25, 0.3) is 0 Å².